The van der Waals surface area contributed by atoms with Crippen molar-refractivity contribution in [3.63, 3.8) is 0 Å². The van der Waals surface area contributed by atoms with Crippen molar-refractivity contribution in [3.8, 4) is 0 Å². The molecule has 0 spiro atoms. The maximum atomic E-state index is 13.0. The summed E-state index contributed by atoms with van der Waals surface area (Å²) in [6.45, 7) is 0. The molecule has 0 N–H and O–H groups in total. The number of non-ortho nitro benzene ring substituents is 1. The summed E-state index contributed by atoms with van der Waals surface area (Å²) in [6, 6.07) is 9.73. The van der Waals surface area contributed by atoms with Crippen molar-refractivity contribution < 1.29 is 14.5 Å². The van der Waals surface area contributed by atoms with Crippen LogP contribution in [0, 0.1) is 33.8 Å². The third kappa shape index (κ3) is 1.74. The normalized spacial score (nSPS) is 29.7. The summed E-state index contributed by atoms with van der Waals surface area (Å²) >= 11 is 0. The van der Waals surface area contributed by atoms with Crippen LogP contribution in [0.25, 0.3) is 10.8 Å². The van der Waals surface area contributed by atoms with Gasteiger partial charge < -0.3 is 0 Å². The maximum Gasteiger partial charge on any atom is 0.277 e. The highest BCUT2D eigenvalue weighted by molar-refractivity contribution is 6.26. The molecule has 4 atom stereocenters. The van der Waals surface area contributed by atoms with E-state index in [1.54, 1.807) is 24.3 Å². The molecule has 5 rings (SSSR count). The minimum absolute atomic E-state index is 0.0274. The first-order valence-corrected chi connectivity index (χ1v) is 8.30. The quantitative estimate of drug-likeness (QED) is 0.366. The number of anilines is 1. The van der Waals surface area contributed by atoms with Gasteiger partial charge in [-0.1, -0.05) is 30.4 Å². The van der Waals surface area contributed by atoms with E-state index in [4.69, 9.17) is 0 Å². The van der Waals surface area contributed by atoms with Gasteiger partial charge in [0, 0.05) is 11.5 Å². The molecule has 0 unspecified atom stereocenters. The third-order valence-electron chi connectivity index (χ3n) is 5.79. The highest BCUT2D eigenvalue weighted by Crippen LogP contribution is 2.53. The number of allylic oxidation sites excluding steroid dienone is 2. The van der Waals surface area contributed by atoms with Crippen LogP contribution in [-0.4, -0.2) is 16.7 Å². The molecule has 124 valence electrons. The first kappa shape index (κ1) is 14.3. The molecule has 2 aromatic rings. The van der Waals surface area contributed by atoms with Crippen LogP contribution in [-0.2, 0) is 9.59 Å². The molecule has 2 bridgehead atoms. The minimum Gasteiger partial charge on any atom is -0.274 e. The van der Waals surface area contributed by atoms with Crippen LogP contribution in [0.4, 0.5) is 11.4 Å². The molecule has 0 aromatic heterocycles. The molecular formula is C19H14N2O4. The fourth-order valence-corrected chi connectivity index (χ4v) is 4.76. The number of fused-ring (bicyclic) bond motifs is 6. The number of rotatable bonds is 2. The average molecular weight is 334 g/mol. The lowest BCUT2D eigenvalue weighted by atomic mass is 9.85. The minimum atomic E-state index is -0.446. The van der Waals surface area contributed by atoms with Crippen LogP contribution in [0.5, 0.6) is 0 Å². The zero-order chi connectivity index (χ0) is 17.3. The molecule has 2 amide bonds. The van der Waals surface area contributed by atoms with E-state index in [2.05, 4.69) is 12.2 Å². The van der Waals surface area contributed by atoms with Gasteiger partial charge >= 0.3 is 0 Å². The van der Waals surface area contributed by atoms with Gasteiger partial charge in [0.1, 0.15) is 0 Å². The van der Waals surface area contributed by atoms with Crippen LogP contribution in [0.2, 0.25) is 0 Å². The predicted molar refractivity (Wildman–Crippen MR) is 90.8 cm³/mol. The second-order valence-corrected chi connectivity index (χ2v) is 6.92. The van der Waals surface area contributed by atoms with Gasteiger partial charge in [-0.15, -0.1) is 0 Å². The van der Waals surface area contributed by atoms with Crippen LogP contribution >= 0.6 is 0 Å². The maximum absolute atomic E-state index is 13.0. The van der Waals surface area contributed by atoms with Gasteiger partial charge in [0.05, 0.1) is 27.8 Å². The summed E-state index contributed by atoms with van der Waals surface area (Å²) in [5.41, 5.74) is 0.422. The SMILES string of the molecule is O=C1[C@@H]2[C@H](C(=O)N1c1ccc([N+](=O)[O-])c3ccccc13)[C@H]1C=C[C@H]2C1. The topological polar surface area (TPSA) is 80.5 Å². The number of nitro groups is 1. The zero-order valence-corrected chi connectivity index (χ0v) is 13.2. The van der Waals surface area contributed by atoms with Gasteiger partial charge in [-0.2, -0.15) is 0 Å². The van der Waals surface area contributed by atoms with Gasteiger partial charge in [0.15, 0.2) is 0 Å². The molecule has 2 aromatic carbocycles. The van der Waals surface area contributed by atoms with Gasteiger partial charge in [-0.25, -0.2) is 4.90 Å². The van der Waals surface area contributed by atoms with E-state index in [1.165, 1.54) is 17.0 Å². The van der Waals surface area contributed by atoms with Gasteiger partial charge in [0.2, 0.25) is 11.8 Å². The zero-order valence-electron chi connectivity index (χ0n) is 13.2. The van der Waals surface area contributed by atoms with Crippen LogP contribution < -0.4 is 4.90 Å². The molecule has 1 heterocycles. The van der Waals surface area contributed by atoms with Gasteiger partial charge in [-0.3, -0.25) is 19.7 Å². The van der Waals surface area contributed by atoms with E-state index in [9.17, 15) is 19.7 Å². The Hall–Kier alpha value is -3.02. The summed E-state index contributed by atoms with van der Waals surface area (Å²) < 4.78 is 0. The van der Waals surface area contributed by atoms with Crippen molar-refractivity contribution in [1.29, 1.82) is 0 Å². The number of nitro benzene ring substituents is 1. The molecule has 1 aliphatic heterocycles. The van der Waals surface area contributed by atoms with Crippen molar-refractivity contribution in [2.45, 2.75) is 6.42 Å². The molecule has 1 saturated carbocycles. The second kappa shape index (κ2) is 4.75. The Bertz CT molecular complexity index is 966. The van der Waals surface area contributed by atoms with E-state index >= 15 is 0 Å². The summed E-state index contributed by atoms with van der Waals surface area (Å²) in [6.07, 6.45) is 4.98. The Kier molecular flexibility index (Phi) is 2.72. The van der Waals surface area contributed by atoms with E-state index < -0.39 is 4.92 Å². The summed E-state index contributed by atoms with van der Waals surface area (Å²) in [5, 5.41) is 12.3. The molecule has 2 fully saturated rings. The fourth-order valence-electron chi connectivity index (χ4n) is 4.76. The fraction of sp³-hybridized carbons (Fsp3) is 0.263. The van der Waals surface area contributed by atoms with Crippen LogP contribution in [0.3, 0.4) is 0 Å². The Morgan fingerprint density at radius 2 is 1.52 bits per heavy atom. The van der Waals surface area contributed by atoms with Crippen LogP contribution in [0.1, 0.15) is 6.42 Å². The molecule has 3 aliphatic rings. The van der Waals surface area contributed by atoms with Crippen molar-refractivity contribution in [2.24, 2.45) is 23.7 Å². The van der Waals surface area contributed by atoms with Gasteiger partial charge in [0.25, 0.3) is 5.69 Å². The van der Waals surface area contributed by atoms with E-state index in [-0.39, 0.29) is 41.2 Å². The molecule has 6 nitrogen and oxygen atoms in total. The molecule has 1 saturated heterocycles. The highest BCUT2D eigenvalue weighted by Gasteiger charge is 2.59. The largest absolute Gasteiger partial charge is 0.277 e. The van der Waals surface area contributed by atoms with E-state index in [0.29, 0.717) is 16.5 Å². The number of hydrogen-bond acceptors (Lipinski definition) is 4. The lowest BCUT2D eigenvalue weighted by Crippen LogP contribution is -2.33. The summed E-state index contributed by atoms with van der Waals surface area (Å²) in [5.74, 6) is -0.633. The van der Waals surface area contributed by atoms with E-state index in [0.717, 1.165) is 6.42 Å². The third-order valence-corrected chi connectivity index (χ3v) is 5.79. The van der Waals surface area contributed by atoms with Crippen LogP contribution in [0.15, 0.2) is 48.6 Å². The Morgan fingerprint density at radius 3 is 2.12 bits per heavy atom. The smallest absolute Gasteiger partial charge is 0.274 e. The number of amides is 2. The highest BCUT2D eigenvalue weighted by atomic mass is 16.6. The molecule has 25 heavy (non-hydrogen) atoms. The number of hydrogen-bond donors (Lipinski definition) is 0. The number of carbonyl (C=O) groups is 2. The molecular weight excluding hydrogens is 320 g/mol. The number of nitrogens with zero attached hydrogens (tertiary/aromatic N) is 2. The monoisotopic (exact) mass is 334 g/mol. The summed E-state index contributed by atoms with van der Waals surface area (Å²) in [4.78, 5) is 38.1. The average Bonchev–Trinajstić information content (AvgIpc) is 3.28. The first-order chi connectivity index (χ1) is 12.1. The Morgan fingerprint density at radius 1 is 0.920 bits per heavy atom. The number of imide groups is 1. The standard InChI is InChI=1S/C19H14N2O4/c22-18-16-10-5-6-11(9-10)17(16)19(23)20(18)14-7-8-15(21(24)25)13-4-2-1-3-12(13)14/h1-8,10-11,16-17H,9H2/t10-,11-,16-,17+/m0/s1. The lowest BCUT2D eigenvalue weighted by molar-refractivity contribution is -0.383. The van der Waals surface area contributed by atoms with Crippen molar-refractivity contribution in [3.05, 3.63) is 58.7 Å². The molecule has 0 radical (unpaired) electrons. The number of benzene rings is 2. The van der Waals surface area contributed by atoms with Crippen molar-refractivity contribution in [2.75, 3.05) is 4.90 Å². The molecule has 6 heteroatoms. The predicted octanol–water partition coefficient (Wildman–Crippen LogP) is 3.06. The lowest BCUT2D eigenvalue weighted by Gasteiger charge is -2.19. The van der Waals surface area contributed by atoms with Crippen molar-refractivity contribution >= 4 is 34.0 Å². The van der Waals surface area contributed by atoms with Crippen molar-refractivity contribution in [1.82, 2.24) is 0 Å². The van der Waals surface area contributed by atoms with Gasteiger partial charge in [-0.05, 0) is 30.4 Å². The second-order valence-electron chi connectivity index (χ2n) is 6.92. The Balaban J connectivity index is 1.68. The summed E-state index contributed by atoms with van der Waals surface area (Å²) in [7, 11) is 0. The van der Waals surface area contributed by atoms with E-state index in [1.807, 2.05) is 0 Å². The number of carbonyl (C=O) groups excluding carboxylic acids is 2. The first-order valence-electron chi connectivity index (χ1n) is 8.30. The Labute approximate surface area is 142 Å². The molecule has 2 aliphatic carbocycles.